The fourth-order valence-corrected chi connectivity index (χ4v) is 2.38. The van der Waals surface area contributed by atoms with Crippen LogP contribution in [0.3, 0.4) is 0 Å². The van der Waals surface area contributed by atoms with Gasteiger partial charge in [-0.3, -0.25) is 4.79 Å². The van der Waals surface area contributed by atoms with Gasteiger partial charge in [0, 0.05) is 12.3 Å². The van der Waals surface area contributed by atoms with Gasteiger partial charge in [0.25, 0.3) is 5.24 Å². The van der Waals surface area contributed by atoms with Gasteiger partial charge in [-0.1, -0.05) is 0 Å². The maximum atomic E-state index is 10.8. The zero-order valence-corrected chi connectivity index (χ0v) is 7.28. The van der Waals surface area contributed by atoms with Gasteiger partial charge in [-0.05, 0) is 23.7 Å². The molecule has 0 fully saturated rings. The van der Waals surface area contributed by atoms with Crippen molar-refractivity contribution < 1.29 is 4.79 Å². The summed E-state index contributed by atoms with van der Waals surface area (Å²) in [6.07, 6.45) is 0. The molecular weight excluding hydrogens is 182 g/mol. The fraction of sp³-hybridized carbons (Fsp3) is 0.286. The molecule has 0 unspecified atom stereocenters. The van der Waals surface area contributed by atoms with Crippen molar-refractivity contribution >= 4 is 28.6 Å². The number of nitrogens with zero attached hydrogens (tertiary/aromatic N) is 1. The molecule has 2 rings (SSSR count). The predicted molar refractivity (Wildman–Crippen MR) is 45.3 cm³/mol. The van der Waals surface area contributed by atoms with E-state index in [1.165, 1.54) is 0 Å². The number of rotatable bonds is 1. The van der Waals surface area contributed by atoms with Crippen LogP contribution < -0.4 is 0 Å². The van der Waals surface area contributed by atoms with Crippen molar-refractivity contribution in [1.82, 2.24) is 4.57 Å². The van der Waals surface area contributed by atoms with E-state index in [2.05, 4.69) is 0 Å². The Morgan fingerprint density at radius 3 is 3.18 bits per heavy atom. The third-order valence-corrected chi connectivity index (χ3v) is 2.94. The van der Waals surface area contributed by atoms with Crippen molar-refractivity contribution in [3.8, 4) is 0 Å². The molecule has 1 aliphatic rings. The SMILES string of the molecule is O=C(Cl)c1ccc2n1CCS2. The third kappa shape index (κ3) is 1.08. The van der Waals surface area contributed by atoms with Crippen LogP contribution in [0, 0.1) is 0 Å². The molecule has 58 valence electrons. The third-order valence-electron chi connectivity index (χ3n) is 1.71. The summed E-state index contributed by atoms with van der Waals surface area (Å²) in [4.78, 5) is 10.8. The summed E-state index contributed by atoms with van der Waals surface area (Å²) in [5, 5.41) is 0.785. The van der Waals surface area contributed by atoms with Crippen molar-refractivity contribution in [3.63, 3.8) is 0 Å². The van der Waals surface area contributed by atoms with Crippen LogP contribution in [0.4, 0.5) is 0 Å². The van der Waals surface area contributed by atoms with Crippen LogP contribution in [0.5, 0.6) is 0 Å². The first-order valence-corrected chi connectivity index (χ1v) is 4.67. The molecule has 0 spiro atoms. The molecule has 0 saturated carbocycles. The Morgan fingerprint density at radius 2 is 2.45 bits per heavy atom. The highest BCUT2D eigenvalue weighted by atomic mass is 35.5. The molecule has 1 aliphatic heterocycles. The van der Waals surface area contributed by atoms with E-state index in [0.29, 0.717) is 5.69 Å². The normalized spacial score (nSPS) is 15.0. The van der Waals surface area contributed by atoms with E-state index in [1.807, 2.05) is 10.6 Å². The van der Waals surface area contributed by atoms with Crippen LogP contribution in [-0.2, 0) is 6.54 Å². The van der Waals surface area contributed by atoms with E-state index in [0.717, 1.165) is 17.3 Å². The Morgan fingerprint density at radius 1 is 1.64 bits per heavy atom. The van der Waals surface area contributed by atoms with Gasteiger partial charge in [0.1, 0.15) is 5.69 Å². The van der Waals surface area contributed by atoms with Gasteiger partial charge in [0.15, 0.2) is 0 Å². The topological polar surface area (TPSA) is 22.0 Å². The molecule has 2 nitrogen and oxygen atoms in total. The van der Waals surface area contributed by atoms with Crippen LogP contribution in [0.2, 0.25) is 0 Å². The van der Waals surface area contributed by atoms with Crippen molar-refractivity contribution in [1.29, 1.82) is 0 Å². The van der Waals surface area contributed by atoms with Gasteiger partial charge in [0.05, 0.1) is 5.03 Å². The second-order valence-electron chi connectivity index (χ2n) is 2.33. The lowest BCUT2D eigenvalue weighted by Crippen LogP contribution is -2.02. The molecule has 4 heteroatoms. The molecule has 0 N–H and O–H groups in total. The van der Waals surface area contributed by atoms with E-state index < -0.39 is 0 Å². The summed E-state index contributed by atoms with van der Waals surface area (Å²) in [5.74, 6) is 1.05. The van der Waals surface area contributed by atoms with E-state index in [-0.39, 0.29) is 5.24 Å². The lowest BCUT2D eigenvalue weighted by molar-refractivity contribution is 0.107. The first-order valence-electron chi connectivity index (χ1n) is 3.31. The Kier molecular flexibility index (Phi) is 1.69. The summed E-state index contributed by atoms with van der Waals surface area (Å²) in [6.45, 7) is 0.904. The van der Waals surface area contributed by atoms with Crippen molar-refractivity contribution in [2.24, 2.45) is 0 Å². The molecule has 0 bridgehead atoms. The van der Waals surface area contributed by atoms with Crippen molar-refractivity contribution in [3.05, 3.63) is 17.8 Å². The molecule has 2 heterocycles. The Labute approximate surface area is 73.5 Å². The fourth-order valence-electron chi connectivity index (χ4n) is 1.22. The first-order chi connectivity index (χ1) is 5.29. The molecule has 0 aromatic carbocycles. The van der Waals surface area contributed by atoms with Gasteiger partial charge in [0.2, 0.25) is 0 Å². The van der Waals surface area contributed by atoms with Crippen LogP contribution in [0.1, 0.15) is 10.5 Å². The van der Waals surface area contributed by atoms with Crippen molar-refractivity contribution in [2.45, 2.75) is 11.6 Å². The minimum absolute atomic E-state index is 0.362. The molecule has 0 atom stereocenters. The van der Waals surface area contributed by atoms with E-state index >= 15 is 0 Å². The van der Waals surface area contributed by atoms with Gasteiger partial charge in [-0.25, -0.2) is 0 Å². The Bertz CT molecular complexity index is 307. The average Bonchev–Trinajstić information content (AvgIpc) is 2.41. The monoisotopic (exact) mass is 187 g/mol. The van der Waals surface area contributed by atoms with Crippen LogP contribution in [0.25, 0.3) is 0 Å². The summed E-state index contributed by atoms with van der Waals surface area (Å²) in [7, 11) is 0. The van der Waals surface area contributed by atoms with Crippen LogP contribution in [-0.4, -0.2) is 15.6 Å². The zero-order valence-electron chi connectivity index (χ0n) is 5.71. The standard InChI is InChI=1S/C7H6ClNOS/c8-7(10)5-1-2-6-9(5)3-4-11-6/h1-2H,3-4H2. The summed E-state index contributed by atoms with van der Waals surface area (Å²) in [6, 6.07) is 3.71. The molecular formula is C7H6ClNOS. The molecule has 0 radical (unpaired) electrons. The molecule has 1 aromatic heterocycles. The van der Waals surface area contributed by atoms with Crippen LogP contribution >= 0.6 is 23.4 Å². The highest BCUT2D eigenvalue weighted by Crippen LogP contribution is 2.28. The van der Waals surface area contributed by atoms with E-state index in [1.54, 1.807) is 17.8 Å². The average molecular weight is 188 g/mol. The molecule has 0 amide bonds. The number of carbonyl (C=O) groups excluding carboxylic acids is 1. The minimum Gasteiger partial charge on any atom is -0.331 e. The summed E-state index contributed by atoms with van der Waals surface area (Å²) < 4.78 is 1.96. The maximum Gasteiger partial charge on any atom is 0.268 e. The van der Waals surface area contributed by atoms with Gasteiger partial charge >= 0.3 is 0 Å². The summed E-state index contributed by atoms with van der Waals surface area (Å²) >= 11 is 7.12. The number of carbonyl (C=O) groups is 1. The maximum absolute atomic E-state index is 10.8. The number of aromatic nitrogens is 1. The summed E-state index contributed by atoms with van der Waals surface area (Å²) in [5.41, 5.74) is 0.617. The largest absolute Gasteiger partial charge is 0.331 e. The van der Waals surface area contributed by atoms with Gasteiger partial charge in [-0.2, -0.15) is 0 Å². The first kappa shape index (κ1) is 7.25. The lowest BCUT2D eigenvalue weighted by Gasteiger charge is -1.98. The molecule has 11 heavy (non-hydrogen) atoms. The molecule has 0 saturated heterocycles. The van der Waals surface area contributed by atoms with Gasteiger partial charge < -0.3 is 4.57 Å². The minimum atomic E-state index is -0.362. The zero-order chi connectivity index (χ0) is 7.84. The Hall–Kier alpha value is -0.410. The lowest BCUT2D eigenvalue weighted by atomic mass is 10.5. The Balaban J connectivity index is 2.50. The highest BCUT2D eigenvalue weighted by molar-refractivity contribution is 7.99. The number of hydrogen-bond acceptors (Lipinski definition) is 2. The van der Waals surface area contributed by atoms with Gasteiger partial charge in [-0.15, -0.1) is 11.8 Å². The van der Waals surface area contributed by atoms with Crippen molar-refractivity contribution in [2.75, 3.05) is 5.75 Å². The number of thioether (sulfide) groups is 1. The predicted octanol–water partition coefficient (Wildman–Crippen LogP) is 1.97. The second kappa shape index (κ2) is 2.57. The smallest absolute Gasteiger partial charge is 0.268 e. The number of fused-ring (bicyclic) bond motifs is 1. The number of halogens is 1. The second-order valence-corrected chi connectivity index (χ2v) is 3.79. The quantitative estimate of drug-likeness (QED) is 0.628. The van der Waals surface area contributed by atoms with E-state index in [4.69, 9.17) is 11.6 Å². The van der Waals surface area contributed by atoms with Crippen LogP contribution in [0.15, 0.2) is 17.2 Å². The number of hydrogen-bond donors (Lipinski definition) is 0. The molecule has 0 aliphatic carbocycles. The molecule has 1 aromatic rings. The van der Waals surface area contributed by atoms with E-state index in [9.17, 15) is 4.79 Å². The highest BCUT2D eigenvalue weighted by Gasteiger charge is 2.17.